The zero-order valence-electron chi connectivity index (χ0n) is 21.4. The number of aromatic amines is 1. The van der Waals surface area contributed by atoms with Crippen molar-refractivity contribution in [3.63, 3.8) is 0 Å². The molecule has 9 heteroatoms. The Bertz CT molecular complexity index is 1610. The third-order valence-electron chi connectivity index (χ3n) is 6.63. The molecule has 8 nitrogen and oxygen atoms in total. The molecule has 0 saturated heterocycles. The van der Waals surface area contributed by atoms with E-state index < -0.39 is 6.04 Å². The maximum Gasteiger partial charge on any atom is 0.258 e. The van der Waals surface area contributed by atoms with Gasteiger partial charge in [0.2, 0.25) is 11.7 Å². The summed E-state index contributed by atoms with van der Waals surface area (Å²) in [5.74, 6) is 1.10. The third kappa shape index (κ3) is 4.37. The second kappa shape index (κ2) is 10.2. The largest absolute Gasteiger partial charge is 0.493 e. The smallest absolute Gasteiger partial charge is 0.258 e. The molecule has 0 radical (unpaired) electrons. The van der Waals surface area contributed by atoms with E-state index in [2.05, 4.69) is 10.1 Å². The van der Waals surface area contributed by atoms with E-state index in [0.29, 0.717) is 51.0 Å². The van der Waals surface area contributed by atoms with Gasteiger partial charge >= 0.3 is 0 Å². The first-order chi connectivity index (χ1) is 18.4. The van der Waals surface area contributed by atoms with Crippen LogP contribution in [0, 0.1) is 0 Å². The summed E-state index contributed by atoms with van der Waals surface area (Å²) >= 11 is 6.37. The summed E-state index contributed by atoms with van der Waals surface area (Å²) in [6.07, 6.45) is 0.299. The van der Waals surface area contributed by atoms with Crippen molar-refractivity contribution in [2.24, 2.45) is 5.10 Å². The Kier molecular flexibility index (Phi) is 6.82. The van der Waals surface area contributed by atoms with E-state index in [9.17, 15) is 9.59 Å². The van der Waals surface area contributed by atoms with Gasteiger partial charge in [-0.25, -0.2) is 5.01 Å². The number of nitrogens with one attached hydrogen (secondary N) is 1. The van der Waals surface area contributed by atoms with Crippen molar-refractivity contribution in [3.05, 3.63) is 87.2 Å². The van der Waals surface area contributed by atoms with Crippen LogP contribution in [0.4, 0.5) is 0 Å². The monoisotopic (exact) mass is 531 g/mol. The number of rotatable bonds is 6. The number of pyridine rings is 1. The average molecular weight is 532 g/mol. The fourth-order valence-electron chi connectivity index (χ4n) is 4.95. The number of hydrogen-bond donors (Lipinski definition) is 1. The zero-order chi connectivity index (χ0) is 27.0. The number of amides is 1. The van der Waals surface area contributed by atoms with Crippen LogP contribution >= 0.6 is 11.6 Å². The molecular weight excluding hydrogens is 506 g/mol. The number of hydrogen-bond acceptors (Lipinski definition) is 6. The van der Waals surface area contributed by atoms with Crippen LogP contribution in [0.15, 0.2) is 70.6 Å². The van der Waals surface area contributed by atoms with Gasteiger partial charge in [0.15, 0.2) is 11.5 Å². The molecule has 38 heavy (non-hydrogen) atoms. The number of H-pyrrole nitrogens is 1. The number of aromatic nitrogens is 1. The predicted octanol–water partition coefficient (Wildman–Crippen LogP) is 5.57. The van der Waals surface area contributed by atoms with E-state index in [1.165, 1.54) is 33.3 Å². The molecule has 1 aliphatic heterocycles. The number of benzene rings is 3. The SMILES string of the molecule is COc1cc([C@H]2CC(c3c(-c4ccccc4)c4cc(Cl)ccc4[nH]c3=O)=NN2C(C)=O)cc(OC)c1OC. The molecule has 3 aromatic carbocycles. The highest BCUT2D eigenvalue weighted by molar-refractivity contribution is 6.31. The van der Waals surface area contributed by atoms with Gasteiger partial charge in [0, 0.05) is 34.8 Å². The van der Waals surface area contributed by atoms with E-state index in [0.717, 1.165) is 16.5 Å². The fraction of sp³-hybridized carbons (Fsp3) is 0.207. The van der Waals surface area contributed by atoms with Crippen molar-refractivity contribution in [2.45, 2.75) is 19.4 Å². The van der Waals surface area contributed by atoms with Crippen LogP contribution in [-0.2, 0) is 4.79 Å². The van der Waals surface area contributed by atoms with Crippen LogP contribution in [0.1, 0.15) is 30.5 Å². The molecule has 0 fully saturated rings. The molecule has 1 aliphatic rings. The highest BCUT2D eigenvalue weighted by Crippen LogP contribution is 2.44. The molecule has 0 bridgehead atoms. The van der Waals surface area contributed by atoms with Crippen LogP contribution in [0.3, 0.4) is 0 Å². The first kappa shape index (κ1) is 25.4. The summed E-state index contributed by atoms with van der Waals surface area (Å²) in [6, 6.07) is 18.1. The lowest BCUT2D eigenvalue weighted by atomic mass is 9.91. The summed E-state index contributed by atoms with van der Waals surface area (Å²) < 4.78 is 16.5. The van der Waals surface area contributed by atoms with Gasteiger partial charge in [-0.2, -0.15) is 5.10 Å². The highest BCUT2D eigenvalue weighted by Gasteiger charge is 2.35. The number of hydrazone groups is 1. The van der Waals surface area contributed by atoms with E-state index >= 15 is 0 Å². The first-order valence-corrected chi connectivity index (χ1v) is 12.3. The van der Waals surface area contributed by atoms with Gasteiger partial charge < -0.3 is 19.2 Å². The Morgan fingerprint density at radius 3 is 2.26 bits per heavy atom. The van der Waals surface area contributed by atoms with E-state index in [4.69, 9.17) is 25.8 Å². The van der Waals surface area contributed by atoms with Crippen LogP contribution in [0.25, 0.3) is 22.0 Å². The maximum atomic E-state index is 13.6. The van der Waals surface area contributed by atoms with Gasteiger partial charge in [-0.3, -0.25) is 9.59 Å². The van der Waals surface area contributed by atoms with Crippen LogP contribution in [0.2, 0.25) is 5.02 Å². The molecule has 0 unspecified atom stereocenters. The van der Waals surface area contributed by atoms with Crippen molar-refractivity contribution < 1.29 is 19.0 Å². The summed E-state index contributed by atoms with van der Waals surface area (Å²) in [5, 5.41) is 7.40. The minimum absolute atomic E-state index is 0.264. The summed E-state index contributed by atoms with van der Waals surface area (Å²) in [5.41, 5.74) is 3.52. The van der Waals surface area contributed by atoms with Gasteiger partial charge in [-0.05, 0) is 41.5 Å². The van der Waals surface area contributed by atoms with E-state index in [1.54, 1.807) is 24.3 Å². The molecule has 1 N–H and O–H groups in total. The van der Waals surface area contributed by atoms with E-state index in [-0.39, 0.29) is 11.5 Å². The molecule has 4 aromatic rings. The Hall–Kier alpha value is -4.30. The quantitative estimate of drug-likeness (QED) is 0.351. The predicted molar refractivity (Wildman–Crippen MR) is 148 cm³/mol. The first-order valence-electron chi connectivity index (χ1n) is 11.9. The van der Waals surface area contributed by atoms with Crippen molar-refractivity contribution >= 4 is 34.1 Å². The van der Waals surface area contributed by atoms with Gasteiger partial charge in [0.25, 0.3) is 5.56 Å². The summed E-state index contributed by atoms with van der Waals surface area (Å²) in [4.78, 5) is 29.3. The lowest BCUT2D eigenvalue weighted by Crippen LogP contribution is -2.24. The van der Waals surface area contributed by atoms with Crippen molar-refractivity contribution in [3.8, 4) is 28.4 Å². The molecule has 2 heterocycles. The Labute approximate surface area is 224 Å². The Balaban J connectivity index is 1.71. The minimum atomic E-state index is -0.491. The van der Waals surface area contributed by atoms with E-state index in [1.807, 2.05) is 36.4 Å². The van der Waals surface area contributed by atoms with Gasteiger partial charge in [0.05, 0.1) is 38.6 Å². The molecule has 194 valence electrons. The number of carbonyl (C=O) groups excluding carboxylic acids is 1. The molecular formula is C29H26ClN3O5. The Morgan fingerprint density at radius 2 is 1.66 bits per heavy atom. The lowest BCUT2D eigenvalue weighted by Gasteiger charge is -2.22. The van der Waals surface area contributed by atoms with Crippen LogP contribution < -0.4 is 19.8 Å². The minimum Gasteiger partial charge on any atom is -0.493 e. The number of methoxy groups -OCH3 is 3. The van der Waals surface area contributed by atoms with Gasteiger partial charge in [0.1, 0.15) is 0 Å². The number of fused-ring (bicyclic) bond motifs is 1. The topological polar surface area (TPSA) is 93.2 Å². The number of ether oxygens (including phenoxy) is 3. The van der Waals surface area contributed by atoms with Crippen molar-refractivity contribution in [1.29, 1.82) is 0 Å². The molecule has 0 spiro atoms. The second-order valence-corrected chi connectivity index (χ2v) is 9.29. The third-order valence-corrected chi connectivity index (χ3v) is 6.87. The number of carbonyl (C=O) groups is 1. The lowest BCUT2D eigenvalue weighted by molar-refractivity contribution is -0.130. The number of nitrogens with zero attached hydrogens (tertiary/aromatic N) is 2. The molecule has 1 aromatic heterocycles. The standard InChI is InChI=1S/C29H26ClN3O5/c1-16(34)33-23(18-12-24(36-2)28(38-4)25(13-18)37-3)15-22(32-33)27-26(17-8-6-5-7-9-17)20-14-19(30)10-11-21(20)31-29(27)35/h5-14,23H,15H2,1-4H3,(H,31,35)/t23-/m1/s1. The molecule has 5 rings (SSSR count). The van der Waals surface area contributed by atoms with Crippen LogP contribution in [-0.4, -0.2) is 42.9 Å². The second-order valence-electron chi connectivity index (χ2n) is 8.85. The Morgan fingerprint density at radius 1 is 0.974 bits per heavy atom. The number of halogens is 1. The normalized spacial score (nSPS) is 14.9. The van der Waals surface area contributed by atoms with Crippen molar-refractivity contribution in [1.82, 2.24) is 9.99 Å². The fourth-order valence-corrected chi connectivity index (χ4v) is 5.12. The zero-order valence-corrected chi connectivity index (χ0v) is 22.1. The van der Waals surface area contributed by atoms with Gasteiger partial charge in [-0.15, -0.1) is 0 Å². The van der Waals surface area contributed by atoms with Crippen LogP contribution in [0.5, 0.6) is 17.2 Å². The van der Waals surface area contributed by atoms with Gasteiger partial charge in [-0.1, -0.05) is 41.9 Å². The van der Waals surface area contributed by atoms with Crippen molar-refractivity contribution in [2.75, 3.05) is 21.3 Å². The molecule has 1 amide bonds. The summed E-state index contributed by atoms with van der Waals surface area (Å²) in [7, 11) is 4.60. The summed E-state index contributed by atoms with van der Waals surface area (Å²) in [6.45, 7) is 1.44. The molecule has 0 aliphatic carbocycles. The average Bonchev–Trinajstić information content (AvgIpc) is 3.37. The molecule has 0 saturated carbocycles. The molecule has 1 atom stereocenters. The highest BCUT2D eigenvalue weighted by atomic mass is 35.5. The maximum absolute atomic E-state index is 13.6.